The molecule has 0 spiro atoms. The van der Waals surface area contributed by atoms with E-state index in [1.807, 2.05) is 55.5 Å². The molecule has 20 heavy (non-hydrogen) atoms. The predicted octanol–water partition coefficient (Wildman–Crippen LogP) is 3.28. The van der Waals surface area contributed by atoms with Gasteiger partial charge in [-0.3, -0.25) is 0 Å². The number of hydrogen-bond donors (Lipinski definition) is 1. The van der Waals surface area contributed by atoms with Crippen LogP contribution in [-0.4, -0.2) is 16.8 Å². The van der Waals surface area contributed by atoms with Crippen LogP contribution in [0.3, 0.4) is 0 Å². The normalized spacial score (nSPS) is 10.7. The second-order valence-electron chi connectivity index (χ2n) is 4.44. The van der Waals surface area contributed by atoms with Gasteiger partial charge >= 0.3 is 0 Å². The Morgan fingerprint density at radius 1 is 0.950 bits per heavy atom. The van der Waals surface area contributed by atoms with E-state index in [1.165, 1.54) is 0 Å². The molecular formula is C16H15N3O. The summed E-state index contributed by atoms with van der Waals surface area (Å²) in [6.07, 6.45) is 0. The van der Waals surface area contributed by atoms with Crippen LogP contribution in [0.4, 0.5) is 5.82 Å². The Bertz CT molecular complexity index is 738. The lowest BCUT2D eigenvalue weighted by atomic mass is 10.0. The van der Waals surface area contributed by atoms with Crippen LogP contribution in [-0.2, 0) is 0 Å². The van der Waals surface area contributed by atoms with E-state index >= 15 is 0 Å². The summed E-state index contributed by atoms with van der Waals surface area (Å²) in [5.74, 6) is 1.30. The van der Waals surface area contributed by atoms with Gasteiger partial charge in [0.05, 0.1) is 6.61 Å². The Balaban J connectivity index is 2.12. The summed E-state index contributed by atoms with van der Waals surface area (Å²) in [5, 5.41) is 10.2. The summed E-state index contributed by atoms with van der Waals surface area (Å²) in [6.45, 7) is 2.62. The van der Waals surface area contributed by atoms with E-state index in [0.717, 1.165) is 27.8 Å². The van der Waals surface area contributed by atoms with Crippen LogP contribution in [0.25, 0.3) is 22.0 Å². The fraction of sp³-hybridized carbons (Fsp3) is 0.125. The number of benzene rings is 2. The highest BCUT2D eigenvalue weighted by Crippen LogP contribution is 2.29. The van der Waals surface area contributed by atoms with E-state index in [1.54, 1.807) is 0 Å². The van der Waals surface area contributed by atoms with Crippen molar-refractivity contribution in [2.24, 2.45) is 0 Å². The maximum atomic E-state index is 5.87. The summed E-state index contributed by atoms with van der Waals surface area (Å²) in [5.41, 5.74) is 7.70. The quantitative estimate of drug-likeness (QED) is 0.789. The first-order valence-corrected chi connectivity index (χ1v) is 6.53. The molecule has 0 aliphatic heterocycles. The summed E-state index contributed by atoms with van der Waals surface area (Å²) >= 11 is 0. The van der Waals surface area contributed by atoms with Crippen molar-refractivity contribution in [1.29, 1.82) is 0 Å². The van der Waals surface area contributed by atoms with Gasteiger partial charge in [-0.2, -0.15) is 0 Å². The molecule has 4 heteroatoms. The summed E-state index contributed by atoms with van der Waals surface area (Å²) in [7, 11) is 0. The molecule has 0 bridgehead atoms. The van der Waals surface area contributed by atoms with Gasteiger partial charge in [0.2, 0.25) is 0 Å². The third kappa shape index (κ3) is 2.16. The maximum Gasteiger partial charge on any atom is 0.154 e. The van der Waals surface area contributed by atoms with Crippen LogP contribution in [0.15, 0.2) is 48.5 Å². The molecule has 0 fully saturated rings. The second kappa shape index (κ2) is 5.17. The van der Waals surface area contributed by atoms with Gasteiger partial charge in [0, 0.05) is 16.3 Å². The SMILES string of the molecule is CCOc1ccc(-c2nnc(N)c3ccccc23)cc1. The zero-order valence-corrected chi connectivity index (χ0v) is 11.2. The van der Waals surface area contributed by atoms with Gasteiger partial charge in [0.25, 0.3) is 0 Å². The molecule has 4 nitrogen and oxygen atoms in total. The smallest absolute Gasteiger partial charge is 0.154 e. The van der Waals surface area contributed by atoms with Crippen LogP contribution in [0.1, 0.15) is 6.92 Å². The highest BCUT2D eigenvalue weighted by molar-refractivity contribution is 5.99. The van der Waals surface area contributed by atoms with Crippen LogP contribution in [0, 0.1) is 0 Å². The first-order chi connectivity index (χ1) is 9.79. The van der Waals surface area contributed by atoms with Crippen molar-refractivity contribution in [3.63, 3.8) is 0 Å². The van der Waals surface area contributed by atoms with Crippen molar-refractivity contribution < 1.29 is 4.74 Å². The predicted molar refractivity (Wildman–Crippen MR) is 80.6 cm³/mol. The standard InChI is InChI=1S/C16H15N3O/c1-2-20-12-9-7-11(8-10-12)15-13-5-3-4-6-14(13)16(17)19-18-15/h3-10H,2H2,1H3,(H2,17,19). The van der Waals surface area contributed by atoms with Crippen molar-refractivity contribution >= 4 is 16.6 Å². The van der Waals surface area contributed by atoms with E-state index in [4.69, 9.17) is 10.5 Å². The topological polar surface area (TPSA) is 61.0 Å². The number of hydrogen-bond acceptors (Lipinski definition) is 4. The molecule has 2 aromatic carbocycles. The van der Waals surface area contributed by atoms with E-state index in [2.05, 4.69) is 10.2 Å². The molecular weight excluding hydrogens is 250 g/mol. The zero-order valence-electron chi connectivity index (χ0n) is 11.2. The number of ether oxygens (including phenoxy) is 1. The van der Waals surface area contributed by atoms with Crippen molar-refractivity contribution in [2.75, 3.05) is 12.3 Å². The molecule has 0 atom stereocenters. The number of nitrogens with two attached hydrogens (primary N) is 1. The largest absolute Gasteiger partial charge is 0.494 e. The Kier molecular flexibility index (Phi) is 3.21. The molecule has 2 N–H and O–H groups in total. The molecule has 1 aromatic heterocycles. The molecule has 0 amide bonds. The van der Waals surface area contributed by atoms with Crippen LogP contribution >= 0.6 is 0 Å². The minimum atomic E-state index is 0.454. The van der Waals surface area contributed by atoms with Crippen LogP contribution in [0.5, 0.6) is 5.75 Å². The Morgan fingerprint density at radius 2 is 1.65 bits per heavy atom. The fourth-order valence-corrected chi connectivity index (χ4v) is 2.21. The number of fused-ring (bicyclic) bond motifs is 1. The lowest BCUT2D eigenvalue weighted by molar-refractivity contribution is 0.340. The molecule has 0 saturated carbocycles. The Labute approximate surface area is 117 Å². The number of aromatic nitrogens is 2. The summed E-state index contributed by atoms with van der Waals surface area (Å²) in [4.78, 5) is 0. The second-order valence-corrected chi connectivity index (χ2v) is 4.44. The van der Waals surface area contributed by atoms with E-state index < -0.39 is 0 Å². The third-order valence-electron chi connectivity index (χ3n) is 3.15. The lowest BCUT2D eigenvalue weighted by Crippen LogP contribution is -1.97. The number of nitrogens with zero attached hydrogens (tertiary/aromatic N) is 2. The minimum Gasteiger partial charge on any atom is -0.494 e. The highest BCUT2D eigenvalue weighted by Gasteiger charge is 2.08. The minimum absolute atomic E-state index is 0.454. The Morgan fingerprint density at radius 3 is 2.35 bits per heavy atom. The molecule has 0 saturated heterocycles. The van der Waals surface area contributed by atoms with Crippen molar-refractivity contribution in [3.8, 4) is 17.0 Å². The highest BCUT2D eigenvalue weighted by atomic mass is 16.5. The third-order valence-corrected chi connectivity index (χ3v) is 3.15. The van der Waals surface area contributed by atoms with Crippen molar-refractivity contribution in [3.05, 3.63) is 48.5 Å². The van der Waals surface area contributed by atoms with Gasteiger partial charge in [-0.25, -0.2) is 0 Å². The average molecular weight is 265 g/mol. The monoisotopic (exact) mass is 265 g/mol. The number of anilines is 1. The molecule has 100 valence electrons. The van der Waals surface area contributed by atoms with Gasteiger partial charge in [0.1, 0.15) is 11.4 Å². The molecule has 0 aliphatic rings. The van der Waals surface area contributed by atoms with Gasteiger partial charge in [0.15, 0.2) is 5.82 Å². The van der Waals surface area contributed by atoms with Crippen LogP contribution < -0.4 is 10.5 Å². The van der Waals surface area contributed by atoms with Crippen molar-refractivity contribution in [1.82, 2.24) is 10.2 Å². The fourth-order valence-electron chi connectivity index (χ4n) is 2.21. The lowest BCUT2D eigenvalue weighted by Gasteiger charge is -2.08. The summed E-state index contributed by atoms with van der Waals surface area (Å²) in [6, 6.07) is 15.7. The first kappa shape index (κ1) is 12.4. The van der Waals surface area contributed by atoms with Gasteiger partial charge in [-0.1, -0.05) is 24.3 Å². The van der Waals surface area contributed by atoms with E-state index in [0.29, 0.717) is 12.4 Å². The van der Waals surface area contributed by atoms with Gasteiger partial charge in [-0.15, -0.1) is 10.2 Å². The van der Waals surface area contributed by atoms with Gasteiger partial charge in [-0.05, 0) is 31.2 Å². The number of rotatable bonds is 3. The molecule has 3 aromatic rings. The first-order valence-electron chi connectivity index (χ1n) is 6.53. The zero-order chi connectivity index (χ0) is 13.9. The molecule has 3 rings (SSSR count). The maximum absolute atomic E-state index is 5.87. The van der Waals surface area contributed by atoms with Crippen LogP contribution in [0.2, 0.25) is 0 Å². The number of nitrogen functional groups attached to an aromatic ring is 1. The van der Waals surface area contributed by atoms with Crippen molar-refractivity contribution in [2.45, 2.75) is 6.92 Å². The van der Waals surface area contributed by atoms with E-state index in [9.17, 15) is 0 Å². The summed E-state index contributed by atoms with van der Waals surface area (Å²) < 4.78 is 5.45. The Hall–Kier alpha value is -2.62. The molecule has 0 aliphatic carbocycles. The average Bonchev–Trinajstić information content (AvgIpc) is 2.49. The van der Waals surface area contributed by atoms with E-state index in [-0.39, 0.29) is 0 Å². The van der Waals surface area contributed by atoms with Gasteiger partial charge < -0.3 is 10.5 Å². The molecule has 1 heterocycles. The molecule has 0 unspecified atom stereocenters. The molecule has 0 radical (unpaired) electrons.